The van der Waals surface area contributed by atoms with Crippen LogP contribution in [0.5, 0.6) is 0 Å². The molecule has 1 amide bonds. The van der Waals surface area contributed by atoms with Gasteiger partial charge in [-0.2, -0.15) is 0 Å². The number of carbonyl (C=O) groups is 1. The SMILES string of the molecule is CC(C)[C@H](N)C(=O)N1CCOC(c2ccccc2F)C1. The summed E-state index contributed by atoms with van der Waals surface area (Å²) in [6.07, 6.45) is -0.423. The first-order valence-electron chi connectivity index (χ1n) is 6.91. The van der Waals surface area contributed by atoms with Crippen molar-refractivity contribution in [2.24, 2.45) is 11.7 Å². The monoisotopic (exact) mass is 280 g/mol. The van der Waals surface area contributed by atoms with E-state index >= 15 is 0 Å². The molecule has 1 aromatic carbocycles. The van der Waals surface area contributed by atoms with Crippen molar-refractivity contribution in [2.75, 3.05) is 19.7 Å². The van der Waals surface area contributed by atoms with Crippen molar-refractivity contribution in [3.05, 3.63) is 35.6 Å². The Hall–Kier alpha value is -1.46. The lowest BCUT2D eigenvalue weighted by Gasteiger charge is -2.35. The van der Waals surface area contributed by atoms with E-state index < -0.39 is 12.1 Å². The van der Waals surface area contributed by atoms with Gasteiger partial charge < -0.3 is 15.4 Å². The van der Waals surface area contributed by atoms with Gasteiger partial charge >= 0.3 is 0 Å². The zero-order chi connectivity index (χ0) is 14.7. The highest BCUT2D eigenvalue weighted by atomic mass is 19.1. The second-order valence-electron chi connectivity index (χ2n) is 5.43. The number of amides is 1. The van der Waals surface area contributed by atoms with Crippen LogP contribution in [0.15, 0.2) is 24.3 Å². The molecule has 1 aromatic rings. The fourth-order valence-corrected chi connectivity index (χ4v) is 2.27. The molecule has 2 rings (SSSR count). The standard InChI is InChI=1S/C15H21FN2O2/c1-10(2)14(17)15(19)18-7-8-20-13(9-18)11-5-3-4-6-12(11)16/h3-6,10,13-14H,7-9,17H2,1-2H3/t13?,14-/m0/s1. The first kappa shape index (κ1) is 14.9. The van der Waals surface area contributed by atoms with Gasteiger partial charge in [-0.15, -0.1) is 0 Å². The molecule has 1 aliphatic rings. The fourth-order valence-electron chi connectivity index (χ4n) is 2.27. The van der Waals surface area contributed by atoms with Crippen LogP contribution in [0.2, 0.25) is 0 Å². The minimum Gasteiger partial charge on any atom is -0.370 e. The third-order valence-electron chi connectivity index (χ3n) is 3.63. The van der Waals surface area contributed by atoms with Gasteiger partial charge in [0.2, 0.25) is 5.91 Å². The fraction of sp³-hybridized carbons (Fsp3) is 0.533. The van der Waals surface area contributed by atoms with Gasteiger partial charge in [0.15, 0.2) is 0 Å². The van der Waals surface area contributed by atoms with Gasteiger partial charge in [0, 0.05) is 12.1 Å². The van der Waals surface area contributed by atoms with E-state index in [-0.39, 0.29) is 17.6 Å². The van der Waals surface area contributed by atoms with Crippen molar-refractivity contribution >= 4 is 5.91 Å². The minimum absolute atomic E-state index is 0.0808. The number of rotatable bonds is 3. The van der Waals surface area contributed by atoms with E-state index in [4.69, 9.17) is 10.5 Å². The third kappa shape index (κ3) is 3.16. The lowest BCUT2D eigenvalue weighted by atomic mass is 10.0. The molecular weight excluding hydrogens is 259 g/mol. The van der Waals surface area contributed by atoms with Crippen molar-refractivity contribution < 1.29 is 13.9 Å². The largest absolute Gasteiger partial charge is 0.370 e. The third-order valence-corrected chi connectivity index (χ3v) is 3.63. The second kappa shape index (κ2) is 6.33. The summed E-state index contributed by atoms with van der Waals surface area (Å²) >= 11 is 0. The molecular formula is C15H21FN2O2. The number of morpholine rings is 1. The molecule has 5 heteroatoms. The van der Waals surface area contributed by atoms with Crippen molar-refractivity contribution in [1.82, 2.24) is 4.90 Å². The number of ether oxygens (including phenoxy) is 1. The number of carbonyl (C=O) groups excluding carboxylic acids is 1. The predicted molar refractivity (Wildman–Crippen MR) is 74.5 cm³/mol. The number of hydrogen-bond donors (Lipinski definition) is 1. The van der Waals surface area contributed by atoms with Crippen LogP contribution in [-0.2, 0) is 9.53 Å². The number of halogens is 1. The molecule has 1 fully saturated rings. The number of nitrogens with zero attached hydrogens (tertiary/aromatic N) is 1. The molecule has 20 heavy (non-hydrogen) atoms. The average Bonchev–Trinajstić information content (AvgIpc) is 2.46. The summed E-state index contributed by atoms with van der Waals surface area (Å²) in [6.45, 7) is 5.08. The molecule has 4 nitrogen and oxygen atoms in total. The summed E-state index contributed by atoms with van der Waals surface area (Å²) in [5, 5.41) is 0. The van der Waals surface area contributed by atoms with Crippen LogP contribution in [0.4, 0.5) is 4.39 Å². The molecule has 2 N–H and O–H groups in total. The van der Waals surface area contributed by atoms with E-state index in [0.717, 1.165) is 0 Å². The number of nitrogens with two attached hydrogens (primary N) is 1. The van der Waals surface area contributed by atoms with Gasteiger partial charge in [0.05, 0.1) is 19.2 Å². The summed E-state index contributed by atoms with van der Waals surface area (Å²) in [6, 6.07) is 5.98. The van der Waals surface area contributed by atoms with E-state index in [2.05, 4.69) is 0 Å². The van der Waals surface area contributed by atoms with Crippen LogP contribution in [0.1, 0.15) is 25.5 Å². The van der Waals surface area contributed by atoms with Gasteiger partial charge in [-0.3, -0.25) is 4.79 Å². The second-order valence-corrected chi connectivity index (χ2v) is 5.43. The zero-order valence-corrected chi connectivity index (χ0v) is 11.9. The Kier molecular flexibility index (Phi) is 4.73. The maximum absolute atomic E-state index is 13.8. The van der Waals surface area contributed by atoms with Gasteiger partial charge in [-0.1, -0.05) is 32.0 Å². The van der Waals surface area contributed by atoms with Crippen LogP contribution >= 0.6 is 0 Å². The Labute approximate surface area is 118 Å². The summed E-state index contributed by atoms with van der Waals surface area (Å²) in [7, 11) is 0. The Morgan fingerprint density at radius 1 is 1.45 bits per heavy atom. The van der Waals surface area contributed by atoms with Gasteiger partial charge in [0.25, 0.3) is 0 Å². The Morgan fingerprint density at radius 2 is 2.15 bits per heavy atom. The highest BCUT2D eigenvalue weighted by Gasteiger charge is 2.30. The predicted octanol–water partition coefficient (Wildman–Crippen LogP) is 1.71. The van der Waals surface area contributed by atoms with Gasteiger partial charge in [-0.05, 0) is 12.0 Å². The molecule has 1 heterocycles. The molecule has 0 radical (unpaired) electrons. The normalized spacial score (nSPS) is 21.1. The molecule has 110 valence electrons. The van der Waals surface area contributed by atoms with Crippen LogP contribution < -0.4 is 5.73 Å². The molecule has 0 bridgehead atoms. The van der Waals surface area contributed by atoms with E-state index in [0.29, 0.717) is 25.3 Å². The maximum atomic E-state index is 13.8. The highest BCUT2D eigenvalue weighted by Crippen LogP contribution is 2.25. The molecule has 0 aromatic heterocycles. The molecule has 2 atom stereocenters. The summed E-state index contributed by atoms with van der Waals surface area (Å²) in [5.41, 5.74) is 6.39. The lowest BCUT2D eigenvalue weighted by Crippen LogP contribution is -2.51. The summed E-state index contributed by atoms with van der Waals surface area (Å²) in [5.74, 6) is -0.318. The lowest BCUT2D eigenvalue weighted by molar-refractivity contribution is -0.141. The highest BCUT2D eigenvalue weighted by molar-refractivity contribution is 5.82. The van der Waals surface area contributed by atoms with E-state index in [9.17, 15) is 9.18 Å². The van der Waals surface area contributed by atoms with Crippen LogP contribution in [0, 0.1) is 11.7 Å². The van der Waals surface area contributed by atoms with Gasteiger partial charge in [0.1, 0.15) is 11.9 Å². The van der Waals surface area contributed by atoms with E-state index in [1.54, 1.807) is 23.1 Å². The summed E-state index contributed by atoms with van der Waals surface area (Å²) in [4.78, 5) is 13.9. The van der Waals surface area contributed by atoms with Crippen molar-refractivity contribution in [1.29, 1.82) is 0 Å². The molecule has 0 saturated carbocycles. The molecule has 1 unspecified atom stereocenters. The molecule has 0 spiro atoms. The van der Waals surface area contributed by atoms with E-state index in [1.807, 2.05) is 13.8 Å². The van der Waals surface area contributed by atoms with Crippen LogP contribution in [-0.4, -0.2) is 36.5 Å². The van der Waals surface area contributed by atoms with Gasteiger partial charge in [-0.25, -0.2) is 4.39 Å². The summed E-state index contributed by atoms with van der Waals surface area (Å²) < 4.78 is 19.4. The zero-order valence-electron chi connectivity index (χ0n) is 11.9. The first-order chi connectivity index (χ1) is 9.50. The quantitative estimate of drug-likeness (QED) is 0.917. The minimum atomic E-state index is -0.519. The van der Waals surface area contributed by atoms with Crippen molar-refractivity contribution in [2.45, 2.75) is 26.0 Å². The average molecular weight is 280 g/mol. The maximum Gasteiger partial charge on any atom is 0.239 e. The van der Waals surface area contributed by atoms with Crippen LogP contribution in [0.25, 0.3) is 0 Å². The Balaban J connectivity index is 2.09. The molecule has 1 aliphatic heterocycles. The van der Waals surface area contributed by atoms with Crippen molar-refractivity contribution in [3.63, 3.8) is 0 Å². The molecule has 0 aliphatic carbocycles. The number of benzene rings is 1. The topological polar surface area (TPSA) is 55.6 Å². The Morgan fingerprint density at radius 3 is 2.80 bits per heavy atom. The van der Waals surface area contributed by atoms with Crippen LogP contribution in [0.3, 0.4) is 0 Å². The number of hydrogen-bond acceptors (Lipinski definition) is 3. The van der Waals surface area contributed by atoms with Crippen molar-refractivity contribution in [3.8, 4) is 0 Å². The molecule has 1 saturated heterocycles. The smallest absolute Gasteiger partial charge is 0.239 e. The first-order valence-corrected chi connectivity index (χ1v) is 6.91. The Bertz CT molecular complexity index is 479. The van der Waals surface area contributed by atoms with E-state index in [1.165, 1.54) is 6.07 Å².